The monoisotopic (exact) mass is 768 g/mol. The Labute approximate surface area is 314 Å². The van der Waals surface area contributed by atoms with Gasteiger partial charge >= 0.3 is 35.8 Å². The summed E-state index contributed by atoms with van der Waals surface area (Å²) in [7, 11) is 1.18. The van der Waals surface area contributed by atoms with Crippen molar-refractivity contribution < 1.29 is 77.2 Å². The van der Waals surface area contributed by atoms with Gasteiger partial charge in [0.05, 0.1) is 30.1 Å². The van der Waals surface area contributed by atoms with Gasteiger partial charge in [-0.25, -0.2) is 4.79 Å². The van der Waals surface area contributed by atoms with Crippen LogP contribution in [0.25, 0.3) is 0 Å². The van der Waals surface area contributed by atoms with E-state index in [-0.39, 0.29) is 19.3 Å². The van der Waals surface area contributed by atoms with Gasteiger partial charge in [0.1, 0.15) is 24.4 Å². The number of ether oxygens (including phenoxy) is 7. The fraction of sp³-hybridized carbons (Fsp3) is 0.842. The van der Waals surface area contributed by atoms with Crippen LogP contribution >= 0.6 is 0 Å². The summed E-state index contributed by atoms with van der Waals surface area (Å²) in [4.78, 5) is 79.0. The molecule has 54 heavy (non-hydrogen) atoms. The number of carbonyl (C=O) groups excluding carboxylic acids is 6. The molecule has 0 bridgehead atoms. The van der Waals surface area contributed by atoms with E-state index in [9.17, 15) is 44.1 Å². The number of methoxy groups -OCH3 is 1. The molecule has 5 fully saturated rings. The van der Waals surface area contributed by atoms with Gasteiger partial charge in [-0.15, -0.1) is 0 Å². The van der Waals surface area contributed by atoms with E-state index in [1.807, 2.05) is 6.92 Å². The largest absolute Gasteiger partial charge is 0.467 e. The first-order valence-electron chi connectivity index (χ1n) is 18.5. The zero-order chi connectivity index (χ0) is 40.7. The molecule has 16 heteroatoms. The van der Waals surface area contributed by atoms with Crippen molar-refractivity contribution in [1.82, 2.24) is 0 Å². The lowest BCUT2D eigenvalue weighted by Crippen LogP contribution is -2.84. The van der Waals surface area contributed by atoms with Crippen LogP contribution in [0.3, 0.4) is 0 Å². The molecule has 0 aromatic carbocycles. The zero-order valence-corrected chi connectivity index (χ0v) is 33.0. The summed E-state index contributed by atoms with van der Waals surface area (Å²) in [6.07, 6.45) is -7.74. The third-order valence-corrected chi connectivity index (χ3v) is 14.4. The second kappa shape index (κ2) is 13.7. The lowest BCUT2D eigenvalue weighted by molar-refractivity contribution is -0.365. The molecule has 0 aromatic rings. The van der Waals surface area contributed by atoms with E-state index in [2.05, 4.69) is 0 Å². The van der Waals surface area contributed by atoms with E-state index in [0.717, 1.165) is 27.7 Å². The number of hydrogen-bond acceptors (Lipinski definition) is 16. The lowest BCUT2D eigenvalue weighted by atomic mass is 9.31. The lowest BCUT2D eigenvalue weighted by Gasteiger charge is -2.75. The third-order valence-electron chi connectivity index (χ3n) is 14.4. The number of fused-ring (bicyclic) bond motifs is 7. The normalized spacial score (nSPS) is 46.4. The van der Waals surface area contributed by atoms with Crippen LogP contribution in [0.2, 0.25) is 0 Å². The van der Waals surface area contributed by atoms with Crippen LogP contribution in [-0.4, -0.2) is 119 Å². The first kappa shape index (κ1) is 41.8. The minimum Gasteiger partial charge on any atom is -0.467 e. The summed E-state index contributed by atoms with van der Waals surface area (Å²) < 4.78 is 41.7. The van der Waals surface area contributed by atoms with Gasteiger partial charge in [0, 0.05) is 58.5 Å². The van der Waals surface area contributed by atoms with Crippen LogP contribution in [0.5, 0.6) is 0 Å². The maximum absolute atomic E-state index is 13.9. The number of carbonyl (C=O) groups is 6. The molecule has 0 aromatic heterocycles. The van der Waals surface area contributed by atoms with Crippen LogP contribution in [0.4, 0.5) is 0 Å². The average Bonchev–Trinajstić information content (AvgIpc) is 3.82. The van der Waals surface area contributed by atoms with Crippen molar-refractivity contribution in [1.29, 1.82) is 0 Å². The second-order valence-corrected chi connectivity index (χ2v) is 16.9. The van der Waals surface area contributed by atoms with Crippen molar-refractivity contribution in [3.05, 3.63) is 0 Å². The van der Waals surface area contributed by atoms with Gasteiger partial charge in [0.2, 0.25) is 5.60 Å². The average molecular weight is 769 g/mol. The first-order valence-corrected chi connectivity index (χ1v) is 18.5. The van der Waals surface area contributed by atoms with Crippen LogP contribution in [-0.2, 0) is 61.9 Å². The minimum atomic E-state index is -1.93. The highest BCUT2D eigenvalue weighted by atomic mass is 16.7. The highest BCUT2D eigenvalue weighted by molar-refractivity contribution is 5.86. The van der Waals surface area contributed by atoms with Gasteiger partial charge in [-0.1, -0.05) is 20.8 Å². The van der Waals surface area contributed by atoms with Gasteiger partial charge in [0.25, 0.3) is 0 Å². The number of aliphatic hydroxyl groups is 3. The molecule has 5 rings (SSSR count). The molecule has 1 aliphatic heterocycles. The molecular formula is C38H56O16. The maximum Gasteiger partial charge on any atom is 0.341 e. The fourth-order valence-corrected chi connectivity index (χ4v) is 12.7. The van der Waals surface area contributed by atoms with Gasteiger partial charge in [-0.05, 0) is 50.4 Å². The van der Waals surface area contributed by atoms with Gasteiger partial charge in [0.15, 0.2) is 12.2 Å². The van der Waals surface area contributed by atoms with E-state index >= 15 is 0 Å². The van der Waals surface area contributed by atoms with Gasteiger partial charge in [-0.3, -0.25) is 24.0 Å². The SMILES string of the molecule is COC(=O)C12OC1C(C)CC1(O)C3CCC4(C)C(C(OC(C)=O)C(OC(C)=O)C(CO)([C@@H](C)OC(C)=O)C4CO)C3(C)C(OC(C)=O)C(OC(C)=O)C12C. The molecule has 16 atom stereocenters. The summed E-state index contributed by atoms with van der Waals surface area (Å²) in [6.45, 7) is 12.7. The Bertz CT molecular complexity index is 1580. The van der Waals surface area contributed by atoms with Gasteiger partial charge in [-0.2, -0.15) is 0 Å². The Kier molecular flexibility index (Phi) is 10.6. The predicted molar refractivity (Wildman–Crippen MR) is 182 cm³/mol. The molecule has 304 valence electrons. The molecule has 0 radical (unpaired) electrons. The molecule has 4 aliphatic carbocycles. The quantitative estimate of drug-likeness (QED) is 0.171. The highest BCUT2D eigenvalue weighted by Crippen LogP contribution is 2.78. The number of esters is 6. The van der Waals surface area contributed by atoms with Crippen LogP contribution in [0.1, 0.15) is 88.5 Å². The summed E-state index contributed by atoms with van der Waals surface area (Å²) in [6, 6.07) is 0. The van der Waals surface area contributed by atoms with E-state index < -0.39 is 142 Å². The van der Waals surface area contributed by atoms with E-state index in [1.165, 1.54) is 21.0 Å². The summed E-state index contributed by atoms with van der Waals surface area (Å²) >= 11 is 0. The van der Waals surface area contributed by atoms with Crippen LogP contribution in [0, 0.1) is 45.3 Å². The van der Waals surface area contributed by atoms with Crippen LogP contribution < -0.4 is 0 Å². The zero-order valence-electron chi connectivity index (χ0n) is 33.0. The Hall–Kier alpha value is -3.34. The molecule has 3 N–H and O–H groups in total. The molecule has 16 nitrogen and oxygen atoms in total. The molecule has 15 unspecified atom stereocenters. The summed E-state index contributed by atoms with van der Waals surface area (Å²) in [5.74, 6) is -8.32. The van der Waals surface area contributed by atoms with Crippen molar-refractivity contribution >= 4 is 35.8 Å². The van der Waals surface area contributed by atoms with E-state index in [4.69, 9.17) is 33.2 Å². The number of epoxide rings is 1. The Balaban J connectivity index is 1.91. The Morgan fingerprint density at radius 3 is 1.83 bits per heavy atom. The Morgan fingerprint density at radius 1 is 0.815 bits per heavy atom. The Morgan fingerprint density at radius 2 is 1.35 bits per heavy atom. The molecular weight excluding hydrogens is 712 g/mol. The molecule has 4 saturated carbocycles. The van der Waals surface area contributed by atoms with Crippen molar-refractivity contribution in [2.45, 2.75) is 136 Å². The second-order valence-electron chi connectivity index (χ2n) is 16.9. The van der Waals surface area contributed by atoms with Crippen LogP contribution in [0.15, 0.2) is 0 Å². The van der Waals surface area contributed by atoms with Crippen molar-refractivity contribution in [2.75, 3.05) is 20.3 Å². The van der Waals surface area contributed by atoms with Crippen molar-refractivity contribution in [2.24, 2.45) is 45.3 Å². The predicted octanol–water partition coefficient (Wildman–Crippen LogP) is 1.41. The number of aliphatic hydroxyl groups excluding tert-OH is 2. The molecule has 5 aliphatic rings. The van der Waals surface area contributed by atoms with Gasteiger partial charge < -0.3 is 48.5 Å². The standard InChI is InChI=1S/C38H56O16/c1-17-14-37(47)24-12-13-33(8)25(15-39)36(16-40,18(2)49-19(3)41)29(51-21(5)43)26(50-20(4)42)27(33)34(24,9)30(52-22(6)44)31(53-23(7)45)35(37,10)38(28(17)54-38)32(46)48-11/h17-18,24-31,39-40,47H,12-16H2,1-11H3/t17?,18-,24?,25?,26?,27?,28?,29?,30?,31?,33?,34?,35?,36?,37?,38?/m1/s1. The minimum absolute atomic E-state index is 0.0419. The van der Waals surface area contributed by atoms with E-state index in [0.29, 0.717) is 0 Å². The highest BCUT2D eigenvalue weighted by Gasteiger charge is 2.91. The smallest absolute Gasteiger partial charge is 0.341 e. The first-order chi connectivity index (χ1) is 25.0. The summed E-state index contributed by atoms with van der Waals surface area (Å²) in [5.41, 5.74) is -10.1. The molecule has 0 amide bonds. The fourth-order valence-electron chi connectivity index (χ4n) is 12.7. The topological polar surface area (TPSA) is 231 Å². The number of rotatable bonds is 9. The third kappa shape index (κ3) is 5.36. The van der Waals surface area contributed by atoms with E-state index in [1.54, 1.807) is 20.8 Å². The number of hydrogen-bond donors (Lipinski definition) is 3. The maximum atomic E-state index is 13.9. The van der Waals surface area contributed by atoms with Crippen molar-refractivity contribution in [3.63, 3.8) is 0 Å². The molecule has 1 heterocycles. The molecule has 0 spiro atoms. The summed E-state index contributed by atoms with van der Waals surface area (Å²) in [5, 5.41) is 36.4. The van der Waals surface area contributed by atoms with Crippen molar-refractivity contribution in [3.8, 4) is 0 Å². The molecule has 1 saturated heterocycles.